The molecule has 0 aliphatic heterocycles. The molecule has 5 nitrogen and oxygen atoms in total. The van der Waals surface area contributed by atoms with Gasteiger partial charge >= 0.3 is 5.69 Å². The lowest BCUT2D eigenvalue weighted by Crippen LogP contribution is -2.24. The van der Waals surface area contributed by atoms with Gasteiger partial charge < -0.3 is 15.3 Å². The van der Waals surface area contributed by atoms with E-state index >= 15 is 0 Å². The van der Waals surface area contributed by atoms with E-state index in [2.05, 4.69) is 15.3 Å². The van der Waals surface area contributed by atoms with E-state index in [-0.39, 0.29) is 17.6 Å². The molecule has 5 heteroatoms. The normalized spacial score (nSPS) is 13.3. The van der Waals surface area contributed by atoms with Gasteiger partial charge in [-0.2, -0.15) is 0 Å². The van der Waals surface area contributed by atoms with Gasteiger partial charge in [-0.1, -0.05) is 24.3 Å². The lowest BCUT2D eigenvalue weighted by Gasteiger charge is -2.12. The summed E-state index contributed by atoms with van der Waals surface area (Å²) in [6.07, 6.45) is 6.81. The number of rotatable bonds is 4. The molecule has 1 aromatic heterocycles. The SMILES string of the molecule is C/C=C/C=C\C(=O)N[C@@H](C)c1ccc2[nH]c(=O)[nH]c2c1. The van der Waals surface area contributed by atoms with Gasteiger partial charge in [-0.05, 0) is 31.5 Å². The predicted molar refractivity (Wildman–Crippen MR) is 79.4 cm³/mol. The first-order chi connectivity index (χ1) is 9.60. The van der Waals surface area contributed by atoms with Crippen LogP contribution in [0.1, 0.15) is 25.5 Å². The van der Waals surface area contributed by atoms with Gasteiger partial charge in [-0.15, -0.1) is 0 Å². The van der Waals surface area contributed by atoms with Gasteiger partial charge in [0.2, 0.25) is 5.91 Å². The van der Waals surface area contributed by atoms with Crippen LogP contribution in [0.25, 0.3) is 11.0 Å². The maximum atomic E-state index is 11.7. The van der Waals surface area contributed by atoms with Crippen LogP contribution < -0.4 is 11.0 Å². The monoisotopic (exact) mass is 271 g/mol. The lowest BCUT2D eigenvalue weighted by molar-refractivity contribution is -0.117. The molecule has 0 fully saturated rings. The highest BCUT2D eigenvalue weighted by Gasteiger charge is 2.09. The third-order valence-corrected chi connectivity index (χ3v) is 2.95. The van der Waals surface area contributed by atoms with E-state index in [1.54, 1.807) is 12.2 Å². The molecule has 1 amide bonds. The maximum Gasteiger partial charge on any atom is 0.323 e. The number of H-pyrrole nitrogens is 2. The number of benzene rings is 1. The molecule has 0 aliphatic rings. The topological polar surface area (TPSA) is 77.8 Å². The molecule has 20 heavy (non-hydrogen) atoms. The molecule has 0 spiro atoms. The Morgan fingerprint density at radius 1 is 1.25 bits per heavy atom. The van der Waals surface area contributed by atoms with Crippen LogP contribution in [0.2, 0.25) is 0 Å². The van der Waals surface area contributed by atoms with E-state index in [1.165, 1.54) is 6.08 Å². The van der Waals surface area contributed by atoms with E-state index in [0.29, 0.717) is 0 Å². The van der Waals surface area contributed by atoms with Crippen LogP contribution >= 0.6 is 0 Å². The molecule has 3 N–H and O–H groups in total. The second-order valence-corrected chi connectivity index (χ2v) is 4.50. The zero-order valence-corrected chi connectivity index (χ0v) is 11.4. The predicted octanol–water partition coefficient (Wildman–Crippen LogP) is 2.17. The number of hydrogen-bond donors (Lipinski definition) is 3. The molecule has 0 aliphatic carbocycles. The Hall–Kier alpha value is -2.56. The first kappa shape index (κ1) is 13.9. The summed E-state index contributed by atoms with van der Waals surface area (Å²) in [7, 11) is 0. The fourth-order valence-electron chi connectivity index (χ4n) is 1.92. The van der Waals surface area contributed by atoms with Gasteiger partial charge in [0.1, 0.15) is 0 Å². The largest absolute Gasteiger partial charge is 0.346 e. The fourth-order valence-corrected chi connectivity index (χ4v) is 1.92. The maximum absolute atomic E-state index is 11.7. The Balaban J connectivity index is 2.12. The summed E-state index contributed by atoms with van der Waals surface area (Å²) in [5, 5.41) is 2.86. The van der Waals surface area contributed by atoms with Crippen molar-refractivity contribution in [2.24, 2.45) is 0 Å². The number of carbonyl (C=O) groups excluding carboxylic acids is 1. The fraction of sp³-hybridized carbons (Fsp3) is 0.200. The molecule has 0 saturated carbocycles. The number of carbonyl (C=O) groups is 1. The first-order valence-corrected chi connectivity index (χ1v) is 6.42. The highest BCUT2D eigenvalue weighted by molar-refractivity contribution is 5.88. The second-order valence-electron chi connectivity index (χ2n) is 4.50. The molecule has 1 aromatic carbocycles. The van der Waals surface area contributed by atoms with Crippen molar-refractivity contribution < 1.29 is 4.79 Å². The van der Waals surface area contributed by atoms with Gasteiger partial charge in [0, 0.05) is 6.08 Å². The quantitative estimate of drug-likeness (QED) is 0.588. The van der Waals surface area contributed by atoms with Crippen LogP contribution in [0.15, 0.2) is 47.3 Å². The molecular formula is C15H17N3O2. The van der Waals surface area contributed by atoms with Crippen LogP contribution in [0.3, 0.4) is 0 Å². The van der Waals surface area contributed by atoms with Crippen LogP contribution in [-0.4, -0.2) is 15.9 Å². The summed E-state index contributed by atoms with van der Waals surface area (Å²) in [5.74, 6) is -0.154. The van der Waals surface area contributed by atoms with Crippen molar-refractivity contribution in [3.05, 3.63) is 58.6 Å². The molecule has 0 unspecified atom stereocenters. The molecule has 1 atom stereocenters. The van der Waals surface area contributed by atoms with Crippen molar-refractivity contribution >= 4 is 16.9 Å². The van der Waals surface area contributed by atoms with Crippen molar-refractivity contribution in [1.82, 2.24) is 15.3 Å². The zero-order valence-electron chi connectivity index (χ0n) is 11.4. The number of aromatic amines is 2. The minimum atomic E-state index is -0.233. The molecule has 2 rings (SSSR count). The van der Waals surface area contributed by atoms with E-state index in [1.807, 2.05) is 38.1 Å². The minimum Gasteiger partial charge on any atom is -0.346 e. The number of aromatic nitrogens is 2. The first-order valence-electron chi connectivity index (χ1n) is 6.42. The number of imidazole rings is 1. The molecule has 104 valence electrons. The minimum absolute atomic E-state index is 0.138. The van der Waals surface area contributed by atoms with E-state index < -0.39 is 0 Å². The Labute approximate surface area is 116 Å². The van der Waals surface area contributed by atoms with Gasteiger partial charge in [-0.3, -0.25) is 4.79 Å². The number of nitrogens with one attached hydrogen (secondary N) is 3. The van der Waals surface area contributed by atoms with Crippen molar-refractivity contribution in [2.75, 3.05) is 0 Å². The smallest absolute Gasteiger partial charge is 0.323 e. The Kier molecular flexibility index (Phi) is 4.20. The Morgan fingerprint density at radius 3 is 2.75 bits per heavy atom. The van der Waals surface area contributed by atoms with Crippen molar-refractivity contribution in [3.8, 4) is 0 Å². The second kappa shape index (κ2) is 6.06. The van der Waals surface area contributed by atoms with Gasteiger partial charge in [0.05, 0.1) is 17.1 Å². The van der Waals surface area contributed by atoms with Crippen LogP contribution in [0, 0.1) is 0 Å². The standard InChI is InChI=1S/C15H17N3O2/c1-3-4-5-6-14(19)16-10(2)11-7-8-12-13(9-11)18-15(20)17-12/h3-10H,1-2H3,(H,16,19)(H2,17,18,20)/b4-3+,6-5-/t10-/m0/s1. The third-order valence-electron chi connectivity index (χ3n) is 2.95. The van der Waals surface area contributed by atoms with E-state index in [4.69, 9.17) is 0 Å². The summed E-state index contributed by atoms with van der Waals surface area (Å²) < 4.78 is 0. The molecule has 0 saturated heterocycles. The van der Waals surface area contributed by atoms with E-state index in [0.717, 1.165) is 16.6 Å². The summed E-state index contributed by atoms with van der Waals surface area (Å²) in [5.41, 5.74) is 2.19. The van der Waals surface area contributed by atoms with Crippen molar-refractivity contribution in [1.29, 1.82) is 0 Å². The van der Waals surface area contributed by atoms with Crippen LogP contribution in [-0.2, 0) is 4.79 Å². The third kappa shape index (κ3) is 3.26. The van der Waals surface area contributed by atoms with Gasteiger partial charge in [0.15, 0.2) is 0 Å². The van der Waals surface area contributed by atoms with Gasteiger partial charge in [-0.25, -0.2) is 4.79 Å². The Morgan fingerprint density at radius 2 is 2.00 bits per heavy atom. The van der Waals surface area contributed by atoms with Crippen molar-refractivity contribution in [3.63, 3.8) is 0 Å². The molecule has 0 radical (unpaired) electrons. The highest BCUT2D eigenvalue weighted by Crippen LogP contribution is 2.16. The van der Waals surface area contributed by atoms with Gasteiger partial charge in [0.25, 0.3) is 0 Å². The average Bonchev–Trinajstić information content (AvgIpc) is 2.77. The molecule has 2 aromatic rings. The van der Waals surface area contributed by atoms with E-state index in [9.17, 15) is 9.59 Å². The lowest BCUT2D eigenvalue weighted by atomic mass is 10.1. The Bertz CT molecular complexity index is 722. The van der Waals surface area contributed by atoms with Crippen LogP contribution in [0.5, 0.6) is 0 Å². The average molecular weight is 271 g/mol. The number of amides is 1. The number of fused-ring (bicyclic) bond motifs is 1. The molecule has 1 heterocycles. The van der Waals surface area contributed by atoms with Crippen molar-refractivity contribution in [2.45, 2.75) is 19.9 Å². The molecular weight excluding hydrogens is 254 g/mol. The highest BCUT2D eigenvalue weighted by atomic mass is 16.1. The summed E-state index contributed by atoms with van der Waals surface area (Å²) in [6.45, 7) is 3.78. The van der Waals surface area contributed by atoms with Crippen LogP contribution in [0.4, 0.5) is 0 Å². The zero-order chi connectivity index (χ0) is 14.5. The summed E-state index contributed by atoms with van der Waals surface area (Å²) in [4.78, 5) is 28.3. The summed E-state index contributed by atoms with van der Waals surface area (Å²) in [6, 6.07) is 5.42. The number of hydrogen-bond acceptors (Lipinski definition) is 2. The summed E-state index contributed by atoms with van der Waals surface area (Å²) >= 11 is 0. The number of allylic oxidation sites excluding steroid dienone is 3. The molecule has 0 bridgehead atoms.